The Morgan fingerprint density at radius 1 is 1.35 bits per heavy atom. The Morgan fingerprint density at radius 3 is 2.53 bits per heavy atom. The molecule has 4 nitrogen and oxygen atoms in total. The fraction of sp³-hybridized carbons (Fsp3) is 0.462. The summed E-state index contributed by atoms with van der Waals surface area (Å²) in [6.45, 7) is 3.53. The highest BCUT2D eigenvalue weighted by Gasteiger charge is 2.36. The van der Waals surface area contributed by atoms with Crippen LogP contribution in [0.3, 0.4) is 0 Å². The number of nitrogens with two attached hydrogens (primary N) is 1. The molecular weight excluding hydrogens is 218 g/mol. The van der Waals surface area contributed by atoms with Crippen LogP contribution < -0.4 is 10.5 Å². The first kappa shape index (κ1) is 13.5. The van der Waals surface area contributed by atoms with Crippen molar-refractivity contribution in [3.05, 3.63) is 29.8 Å². The molecule has 0 saturated carbocycles. The van der Waals surface area contributed by atoms with Gasteiger partial charge in [-0.25, -0.2) is 0 Å². The van der Waals surface area contributed by atoms with Crippen LogP contribution in [0.25, 0.3) is 0 Å². The maximum atomic E-state index is 11.7. The lowest BCUT2D eigenvalue weighted by molar-refractivity contribution is -0.152. The molecule has 4 heteroatoms. The van der Waals surface area contributed by atoms with Crippen LogP contribution in [0.5, 0.6) is 5.75 Å². The van der Waals surface area contributed by atoms with Crippen LogP contribution >= 0.6 is 0 Å². The summed E-state index contributed by atoms with van der Waals surface area (Å²) in [5.74, 6) is 0.395. The first-order chi connectivity index (χ1) is 7.93. The third kappa shape index (κ3) is 2.77. The number of rotatable bonds is 4. The predicted molar refractivity (Wildman–Crippen MR) is 65.7 cm³/mol. The molecule has 2 N–H and O–H groups in total. The molecule has 0 unspecified atom stereocenters. The Bertz CT molecular complexity index is 401. The van der Waals surface area contributed by atoms with Gasteiger partial charge in [0.15, 0.2) is 0 Å². The number of esters is 1. The molecule has 17 heavy (non-hydrogen) atoms. The van der Waals surface area contributed by atoms with E-state index in [0.717, 1.165) is 11.3 Å². The largest absolute Gasteiger partial charge is 0.497 e. The number of ether oxygens (including phenoxy) is 2. The highest BCUT2D eigenvalue weighted by molar-refractivity contribution is 5.77. The number of carbonyl (C=O) groups is 1. The van der Waals surface area contributed by atoms with Gasteiger partial charge >= 0.3 is 5.97 Å². The fourth-order valence-corrected chi connectivity index (χ4v) is 1.64. The zero-order valence-electron chi connectivity index (χ0n) is 10.7. The zero-order chi connectivity index (χ0) is 13.1. The molecule has 0 amide bonds. The first-order valence-corrected chi connectivity index (χ1v) is 5.41. The van der Waals surface area contributed by atoms with Crippen molar-refractivity contribution < 1.29 is 14.3 Å². The van der Waals surface area contributed by atoms with Crippen molar-refractivity contribution in [2.45, 2.75) is 19.9 Å². The maximum absolute atomic E-state index is 11.7. The van der Waals surface area contributed by atoms with E-state index in [0.29, 0.717) is 0 Å². The minimum atomic E-state index is -0.777. The molecule has 1 rings (SSSR count). The van der Waals surface area contributed by atoms with Gasteiger partial charge in [-0.05, 0) is 31.5 Å². The van der Waals surface area contributed by atoms with Crippen LogP contribution in [0.1, 0.15) is 25.5 Å². The van der Waals surface area contributed by atoms with Crippen molar-refractivity contribution >= 4 is 5.97 Å². The van der Waals surface area contributed by atoms with E-state index in [2.05, 4.69) is 0 Å². The van der Waals surface area contributed by atoms with Crippen LogP contribution in [0.15, 0.2) is 24.3 Å². The summed E-state index contributed by atoms with van der Waals surface area (Å²) >= 11 is 0. The van der Waals surface area contributed by atoms with Gasteiger partial charge in [0.25, 0.3) is 0 Å². The second kappa shape index (κ2) is 5.19. The molecule has 94 valence electrons. The van der Waals surface area contributed by atoms with E-state index in [9.17, 15) is 4.79 Å². The highest BCUT2D eigenvalue weighted by atomic mass is 16.5. The van der Waals surface area contributed by atoms with E-state index in [1.165, 1.54) is 7.11 Å². The summed E-state index contributed by atoms with van der Waals surface area (Å²) in [7, 11) is 2.96. The van der Waals surface area contributed by atoms with Gasteiger partial charge in [-0.2, -0.15) is 0 Å². The van der Waals surface area contributed by atoms with Gasteiger partial charge in [0.05, 0.1) is 19.6 Å². The van der Waals surface area contributed by atoms with Crippen molar-refractivity contribution in [1.82, 2.24) is 0 Å². The summed E-state index contributed by atoms with van der Waals surface area (Å²) in [6, 6.07) is 6.95. The van der Waals surface area contributed by atoms with Crippen LogP contribution in [-0.2, 0) is 9.53 Å². The molecule has 1 aromatic rings. The SMILES string of the molecule is COC(=O)C(C)(C)[C@H](N)c1cccc(OC)c1. The van der Waals surface area contributed by atoms with Crippen molar-refractivity contribution in [2.24, 2.45) is 11.1 Å². The number of benzene rings is 1. The molecule has 0 saturated heterocycles. The van der Waals surface area contributed by atoms with Crippen LogP contribution in [0.4, 0.5) is 0 Å². The van der Waals surface area contributed by atoms with Crippen molar-refractivity contribution in [1.29, 1.82) is 0 Å². The fourth-order valence-electron chi connectivity index (χ4n) is 1.64. The molecule has 0 bridgehead atoms. The minimum absolute atomic E-state index is 0.326. The average Bonchev–Trinajstić information content (AvgIpc) is 2.36. The molecule has 0 aliphatic carbocycles. The Hall–Kier alpha value is -1.55. The Balaban J connectivity index is 3.02. The predicted octanol–water partition coefficient (Wildman–Crippen LogP) is 1.89. The molecule has 1 atom stereocenters. The lowest BCUT2D eigenvalue weighted by Gasteiger charge is -2.29. The highest BCUT2D eigenvalue weighted by Crippen LogP contribution is 2.33. The monoisotopic (exact) mass is 237 g/mol. The molecule has 0 aliphatic rings. The van der Waals surface area contributed by atoms with E-state index in [1.54, 1.807) is 21.0 Å². The third-order valence-electron chi connectivity index (χ3n) is 2.94. The molecule has 0 spiro atoms. The summed E-state index contributed by atoms with van der Waals surface area (Å²) in [5, 5.41) is 0. The van der Waals surface area contributed by atoms with Crippen LogP contribution in [-0.4, -0.2) is 20.2 Å². The molecule has 0 fully saturated rings. The second-order valence-corrected chi connectivity index (χ2v) is 4.47. The molecule has 0 aliphatic heterocycles. The van der Waals surface area contributed by atoms with E-state index in [4.69, 9.17) is 15.2 Å². The smallest absolute Gasteiger partial charge is 0.313 e. The van der Waals surface area contributed by atoms with E-state index >= 15 is 0 Å². The summed E-state index contributed by atoms with van der Waals surface area (Å²) in [4.78, 5) is 11.7. The summed E-state index contributed by atoms with van der Waals surface area (Å²) < 4.78 is 9.90. The van der Waals surface area contributed by atoms with E-state index in [1.807, 2.05) is 24.3 Å². The van der Waals surface area contributed by atoms with Gasteiger partial charge in [-0.3, -0.25) is 4.79 Å². The Kier molecular flexibility index (Phi) is 4.12. The number of carbonyl (C=O) groups excluding carboxylic acids is 1. The van der Waals surface area contributed by atoms with Crippen molar-refractivity contribution in [3.63, 3.8) is 0 Å². The lowest BCUT2D eigenvalue weighted by atomic mass is 9.81. The Morgan fingerprint density at radius 2 is 2.00 bits per heavy atom. The number of hydrogen-bond donors (Lipinski definition) is 1. The summed E-state index contributed by atoms with van der Waals surface area (Å²) in [5.41, 5.74) is 6.19. The first-order valence-electron chi connectivity index (χ1n) is 5.41. The topological polar surface area (TPSA) is 61.5 Å². The van der Waals surface area contributed by atoms with Crippen LogP contribution in [0.2, 0.25) is 0 Å². The van der Waals surface area contributed by atoms with Gasteiger partial charge in [-0.15, -0.1) is 0 Å². The number of hydrogen-bond acceptors (Lipinski definition) is 4. The molecule has 0 radical (unpaired) electrons. The van der Waals surface area contributed by atoms with Gasteiger partial charge < -0.3 is 15.2 Å². The van der Waals surface area contributed by atoms with Gasteiger partial charge in [-0.1, -0.05) is 12.1 Å². The van der Waals surface area contributed by atoms with Gasteiger partial charge in [0.2, 0.25) is 0 Å². The normalized spacial score (nSPS) is 13.0. The molecule has 0 heterocycles. The standard InChI is InChI=1S/C13H19NO3/c1-13(2,12(15)17-4)11(14)9-6-5-7-10(8-9)16-3/h5-8,11H,14H2,1-4H3/t11-/m1/s1. The van der Waals surface area contributed by atoms with Crippen molar-refractivity contribution in [3.8, 4) is 5.75 Å². The molecule has 0 aromatic heterocycles. The zero-order valence-corrected chi connectivity index (χ0v) is 10.7. The van der Waals surface area contributed by atoms with E-state index in [-0.39, 0.29) is 5.97 Å². The van der Waals surface area contributed by atoms with Crippen LogP contribution in [0, 0.1) is 5.41 Å². The summed E-state index contributed by atoms with van der Waals surface area (Å²) in [6.07, 6.45) is 0. The molecular formula is C13H19NO3. The van der Waals surface area contributed by atoms with Crippen molar-refractivity contribution in [2.75, 3.05) is 14.2 Å². The lowest BCUT2D eigenvalue weighted by Crippen LogP contribution is -2.37. The van der Waals surface area contributed by atoms with Gasteiger partial charge in [0, 0.05) is 6.04 Å². The second-order valence-electron chi connectivity index (χ2n) is 4.47. The quantitative estimate of drug-likeness (QED) is 0.812. The maximum Gasteiger partial charge on any atom is 0.313 e. The Labute approximate surface area is 102 Å². The van der Waals surface area contributed by atoms with Gasteiger partial charge in [0.1, 0.15) is 5.75 Å². The number of methoxy groups -OCH3 is 2. The third-order valence-corrected chi connectivity index (χ3v) is 2.94. The van der Waals surface area contributed by atoms with E-state index < -0.39 is 11.5 Å². The molecule has 1 aromatic carbocycles. The average molecular weight is 237 g/mol. The minimum Gasteiger partial charge on any atom is -0.497 e.